The predicted molar refractivity (Wildman–Crippen MR) is 302 cm³/mol. The van der Waals surface area contributed by atoms with E-state index >= 15 is 0 Å². The van der Waals surface area contributed by atoms with Crippen molar-refractivity contribution in [1.82, 2.24) is 16.0 Å². The van der Waals surface area contributed by atoms with Crippen LogP contribution < -0.4 is 21.7 Å². The van der Waals surface area contributed by atoms with Crippen molar-refractivity contribution in [2.75, 3.05) is 37.8 Å². The summed E-state index contributed by atoms with van der Waals surface area (Å²) >= 11 is 1.30. The smallest absolute Gasteiger partial charge is 0.306 e. The highest BCUT2D eigenvalue weighted by molar-refractivity contribution is 7.99. The number of hydrogen-bond donors (Lipinski definition) is 5. The first-order valence-electron chi connectivity index (χ1n) is 30.3. The van der Waals surface area contributed by atoms with Gasteiger partial charge < -0.3 is 36.3 Å². The summed E-state index contributed by atoms with van der Waals surface area (Å²) < 4.78 is 11.6. The first-order chi connectivity index (χ1) is 35.2. The third-order valence-electron chi connectivity index (χ3n) is 13.7. The molecule has 0 heterocycles. The van der Waals surface area contributed by atoms with E-state index < -0.39 is 36.6 Å². The van der Waals surface area contributed by atoms with Crippen LogP contribution in [0.3, 0.4) is 0 Å². The van der Waals surface area contributed by atoms with Crippen molar-refractivity contribution in [3.05, 3.63) is 0 Å². The lowest BCUT2D eigenvalue weighted by Gasteiger charge is -2.23. The summed E-state index contributed by atoms with van der Waals surface area (Å²) in [7, 11) is 0. The van der Waals surface area contributed by atoms with Gasteiger partial charge in [-0.3, -0.25) is 24.0 Å². The molecular weight excluding hydrogens is 925 g/mol. The minimum atomic E-state index is -1.22. The van der Waals surface area contributed by atoms with Crippen molar-refractivity contribution in [3.63, 3.8) is 0 Å². The Labute approximate surface area is 446 Å². The van der Waals surface area contributed by atoms with Crippen molar-refractivity contribution in [3.8, 4) is 0 Å². The minimum absolute atomic E-state index is 0.0925. The summed E-state index contributed by atoms with van der Waals surface area (Å²) in [5.41, 5.74) is 5.54. The van der Waals surface area contributed by atoms with E-state index in [0.29, 0.717) is 12.8 Å². The Hall–Kier alpha value is -2.38. The molecule has 6 N–H and O–H groups in total. The fraction of sp³-hybridized carbons (Fsp3) is 0.915. The van der Waals surface area contributed by atoms with Gasteiger partial charge in [0.2, 0.25) is 17.7 Å². The molecule has 0 aliphatic carbocycles. The van der Waals surface area contributed by atoms with Crippen LogP contribution in [-0.2, 0) is 33.4 Å². The fourth-order valence-corrected chi connectivity index (χ4v) is 10.1. The van der Waals surface area contributed by atoms with E-state index in [0.717, 1.165) is 57.8 Å². The van der Waals surface area contributed by atoms with Gasteiger partial charge in [-0.1, -0.05) is 252 Å². The van der Waals surface area contributed by atoms with Gasteiger partial charge in [0.25, 0.3) is 0 Å². The standard InChI is InChI=1S/C59H114N4O8S/c1-4-7-10-13-16-19-22-25-28-31-34-37-40-43-55(65)62-54(59(69)63-53(48-64)58(68)61-47-46-60)51-72-50-52(71-57(67)45-42-39-36-33-30-27-24-21-18-15-12-9-6-3)49-70-56(66)44-41-38-35-32-29-26-23-20-17-14-11-8-5-2/h52-54,64H,4-51,60H2,1-3H3,(H,61,68)(H,62,65)(H,63,69)/t52?,53-,54-/m0/s1. The quantitative estimate of drug-likeness (QED) is 0.0290. The number of ether oxygens (including phenoxy) is 2. The lowest BCUT2D eigenvalue weighted by molar-refractivity contribution is -0.157. The number of unbranched alkanes of at least 4 members (excludes halogenated alkanes) is 36. The second-order valence-electron chi connectivity index (χ2n) is 20.8. The number of aliphatic hydroxyl groups is 1. The summed E-state index contributed by atoms with van der Waals surface area (Å²) in [5.74, 6) is -1.77. The second kappa shape index (κ2) is 54.9. The number of carbonyl (C=O) groups is 5. The van der Waals surface area contributed by atoms with Crippen LogP contribution in [0.4, 0.5) is 0 Å². The summed E-state index contributed by atoms with van der Waals surface area (Å²) in [4.78, 5) is 65.6. The normalized spacial score (nSPS) is 12.6. The molecule has 0 saturated carbocycles. The maximum absolute atomic E-state index is 13.6. The molecule has 0 fully saturated rings. The Morgan fingerprint density at radius 1 is 0.444 bits per heavy atom. The summed E-state index contributed by atoms with van der Waals surface area (Å²) in [5, 5.41) is 18.0. The van der Waals surface area contributed by atoms with Gasteiger partial charge in [-0.05, 0) is 19.3 Å². The number of carbonyl (C=O) groups excluding carboxylic acids is 5. The van der Waals surface area contributed by atoms with Crippen LogP contribution in [0.1, 0.15) is 290 Å². The predicted octanol–water partition coefficient (Wildman–Crippen LogP) is 13.7. The van der Waals surface area contributed by atoms with Gasteiger partial charge in [-0.15, -0.1) is 0 Å². The zero-order valence-electron chi connectivity index (χ0n) is 47.0. The van der Waals surface area contributed by atoms with E-state index in [9.17, 15) is 29.1 Å². The Balaban J connectivity index is 5.27. The lowest BCUT2D eigenvalue weighted by atomic mass is 10.0. The van der Waals surface area contributed by atoms with E-state index in [4.69, 9.17) is 15.2 Å². The number of nitrogens with two attached hydrogens (primary N) is 1. The first-order valence-corrected chi connectivity index (χ1v) is 31.5. The van der Waals surface area contributed by atoms with Crippen molar-refractivity contribution >= 4 is 41.4 Å². The average Bonchev–Trinajstić information content (AvgIpc) is 3.37. The second-order valence-corrected chi connectivity index (χ2v) is 21.8. The van der Waals surface area contributed by atoms with Crippen LogP contribution in [0.15, 0.2) is 0 Å². The number of thioether (sulfide) groups is 1. The molecule has 1 unspecified atom stereocenters. The van der Waals surface area contributed by atoms with Crippen molar-refractivity contribution in [2.24, 2.45) is 5.73 Å². The highest BCUT2D eigenvalue weighted by Crippen LogP contribution is 2.18. The summed E-state index contributed by atoms with van der Waals surface area (Å²) in [6.45, 7) is 6.41. The van der Waals surface area contributed by atoms with Gasteiger partial charge >= 0.3 is 11.9 Å². The number of rotatable bonds is 56. The molecule has 12 nitrogen and oxygen atoms in total. The zero-order chi connectivity index (χ0) is 52.8. The number of nitrogens with one attached hydrogen (secondary N) is 3. The molecule has 0 spiro atoms. The van der Waals surface area contributed by atoms with Gasteiger partial charge in [0, 0.05) is 43.9 Å². The van der Waals surface area contributed by atoms with E-state index in [-0.39, 0.29) is 61.9 Å². The summed E-state index contributed by atoms with van der Waals surface area (Å²) in [6.07, 6.45) is 47.2. The monoisotopic (exact) mass is 1040 g/mol. The zero-order valence-corrected chi connectivity index (χ0v) is 47.8. The average molecular weight is 1040 g/mol. The molecule has 0 radical (unpaired) electrons. The highest BCUT2D eigenvalue weighted by Gasteiger charge is 2.27. The third-order valence-corrected chi connectivity index (χ3v) is 14.9. The van der Waals surface area contributed by atoms with Crippen LogP contribution in [0, 0.1) is 0 Å². The summed E-state index contributed by atoms with van der Waals surface area (Å²) in [6, 6.07) is -2.25. The van der Waals surface area contributed by atoms with Crippen LogP contribution in [0.2, 0.25) is 0 Å². The number of aliphatic hydroxyl groups excluding tert-OH is 1. The molecule has 424 valence electrons. The largest absolute Gasteiger partial charge is 0.462 e. The van der Waals surface area contributed by atoms with E-state index in [2.05, 4.69) is 36.7 Å². The molecule has 3 atom stereocenters. The van der Waals surface area contributed by atoms with Crippen LogP contribution in [0.5, 0.6) is 0 Å². The Morgan fingerprint density at radius 3 is 1.18 bits per heavy atom. The number of hydrogen-bond acceptors (Lipinski definition) is 10. The van der Waals surface area contributed by atoms with Crippen LogP contribution in [-0.4, -0.2) is 90.8 Å². The maximum atomic E-state index is 13.6. The molecule has 0 aliphatic heterocycles. The molecule has 0 aromatic carbocycles. The fourth-order valence-electron chi connectivity index (χ4n) is 9.05. The molecule has 0 rings (SSSR count). The third kappa shape index (κ3) is 47.3. The molecule has 0 bridgehead atoms. The maximum Gasteiger partial charge on any atom is 0.306 e. The van der Waals surface area contributed by atoms with Gasteiger partial charge in [-0.2, -0.15) is 11.8 Å². The minimum Gasteiger partial charge on any atom is -0.462 e. The molecule has 0 aromatic rings. The molecule has 0 aliphatic rings. The molecule has 0 aromatic heterocycles. The van der Waals surface area contributed by atoms with Gasteiger partial charge in [0.1, 0.15) is 24.8 Å². The number of esters is 2. The van der Waals surface area contributed by atoms with Gasteiger partial charge in [0.05, 0.1) is 6.61 Å². The van der Waals surface area contributed by atoms with E-state index in [1.807, 2.05) is 0 Å². The Kier molecular flexibility index (Phi) is 53.1. The van der Waals surface area contributed by atoms with Crippen molar-refractivity contribution < 1.29 is 38.6 Å². The lowest BCUT2D eigenvalue weighted by Crippen LogP contribution is -2.56. The van der Waals surface area contributed by atoms with E-state index in [1.165, 1.54) is 198 Å². The first kappa shape index (κ1) is 69.6. The SMILES string of the molecule is CCCCCCCCCCCCCCCC(=O)N[C@@H](CSCC(COC(=O)CCCCCCCCCCCCCCC)OC(=O)CCCCCCCCCCCCCCC)C(=O)N[C@@H](CO)C(=O)NCCN. The van der Waals surface area contributed by atoms with Crippen LogP contribution >= 0.6 is 11.8 Å². The molecule has 0 saturated heterocycles. The van der Waals surface area contributed by atoms with Gasteiger partial charge in [0.15, 0.2) is 0 Å². The Morgan fingerprint density at radius 2 is 0.806 bits per heavy atom. The molecular formula is C59H114N4O8S. The van der Waals surface area contributed by atoms with Crippen molar-refractivity contribution in [1.29, 1.82) is 0 Å². The molecule has 72 heavy (non-hydrogen) atoms. The van der Waals surface area contributed by atoms with Gasteiger partial charge in [-0.25, -0.2) is 0 Å². The van der Waals surface area contributed by atoms with Crippen molar-refractivity contribution in [2.45, 2.75) is 309 Å². The topological polar surface area (TPSA) is 186 Å². The molecule has 3 amide bonds. The highest BCUT2D eigenvalue weighted by atomic mass is 32.2. The number of amides is 3. The van der Waals surface area contributed by atoms with Crippen LogP contribution in [0.25, 0.3) is 0 Å². The Bertz CT molecular complexity index is 1260. The molecule has 13 heteroatoms. The van der Waals surface area contributed by atoms with E-state index in [1.54, 1.807) is 0 Å².